The molecule has 3 fully saturated rings. The van der Waals surface area contributed by atoms with Crippen LogP contribution in [0.15, 0.2) is 72.8 Å². The first-order valence-electron chi connectivity index (χ1n) is 16.3. The van der Waals surface area contributed by atoms with Crippen molar-refractivity contribution < 1.29 is 28.4 Å². The molecule has 0 aromatic heterocycles. The Labute approximate surface area is 267 Å². The molecule has 0 amide bonds. The van der Waals surface area contributed by atoms with Crippen molar-refractivity contribution in [3.05, 3.63) is 89.5 Å². The molecular weight excluding hydrogens is 552 g/mol. The highest BCUT2D eigenvalue weighted by molar-refractivity contribution is 5.33. The lowest BCUT2D eigenvalue weighted by Gasteiger charge is -2.06. The molecule has 6 nitrogen and oxygen atoms in total. The predicted molar refractivity (Wildman–Crippen MR) is 180 cm³/mol. The monoisotopic (exact) mass is 608 g/mol. The molecule has 3 aromatic rings. The van der Waals surface area contributed by atoms with Gasteiger partial charge in [0, 0.05) is 0 Å². The van der Waals surface area contributed by atoms with E-state index >= 15 is 0 Å². The van der Waals surface area contributed by atoms with Gasteiger partial charge in [-0.15, -0.1) is 0 Å². The normalized spacial score (nSPS) is 18.2. The molecule has 0 saturated carbocycles. The van der Waals surface area contributed by atoms with E-state index in [4.69, 9.17) is 28.4 Å². The predicted octanol–water partition coefficient (Wildman–Crippen LogP) is 8.93. The van der Waals surface area contributed by atoms with Crippen LogP contribution in [-0.4, -0.2) is 58.0 Å². The maximum Gasteiger partial charge on any atom is 0.122 e. The third kappa shape index (κ3) is 17.9. The quantitative estimate of drug-likeness (QED) is 0.203. The lowest BCUT2D eigenvalue weighted by atomic mass is 10.2. The Balaban J connectivity index is 0.000000205. The van der Waals surface area contributed by atoms with Gasteiger partial charge in [0.15, 0.2) is 0 Å². The van der Waals surface area contributed by atoms with Crippen LogP contribution in [0.3, 0.4) is 0 Å². The Hall–Kier alpha value is -3.06. The fraction of sp³-hybridized carbons (Fsp3) is 0.526. The Morgan fingerprint density at radius 3 is 0.864 bits per heavy atom. The van der Waals surface area contributed by atoms with Gasteiger partial charge in [0.1, 0.15) is 55.4 Å². The molecule has 6 heteroatoms. The van der Waals surface area contributed by atoms with Crippen LogP contribution in [-0.2, 0) is 14.2 Å². The maximum atomic E-state index is 5.54. The fourth-order valence-electron chi connectivity index (χ4n) is 3.20. The largest absolute Gasteiger partial charge is 0.491 e. The van der Waals surface area contributed by atoms with E-state index in [2.05, 4.69) is 27.7 Å². The average Bonchev–Trinajstić information content (AvgIpc) is 3.89. The van der Waals surface area contributed by atoms with E-state index in [9.17, 15) is 0 Å². The summed E-state index contributed by atoms with van der Waals surface area (Å²) in [5.74, 6) is 2.90. The number of hydrogen-bond acceptors (Lipinski definition) is 6. The van der Waals surface area contributed by atoms with Crippen molar-refractivity contribution in [2.45, 2.75) is 92.5 Å². The summed E-state index contributed by atoms with van der Waals surface area (Å²) in [6.45, 7) is 19.5. The topological polar surface area (TPSA) is 65.3 Å². The minimum absolute atomic E-state index is 0.338. The molecule has 0 spiro atoms. The molecule has 3 aliphatic rings. The van der Waals surface area contributed by atoms with Gasteiger partial charge in [0.2, 0.25) is 0 Å². The van der Waals surface area contributed by atoms with E-state index in [0.717, 1.165) is 37.1 Å². The van der Waals surface area contributed by atoms with E-state index in [-0.39, 0.29) is 0 Å². The summed E-state index contributed by atoms with van der Waals surface area (Å²) >= 11 is 0. The molecule has 44 heavy (non-hydrogen) atoms. The first-order valence-corrected chi connectivity index (χ1v) is 16.3. The summed E-state index contributed by atoms with van der Waals surface area (Å²) in [5, 5.41) is 0. The Kier molecular flexibility index (Phi) is 18.9. The van der Waals surface area contributed by atoms with Gasteiger partial charge in [-0.2, -0.15) is 0 Å². The SMILES string of the molecule is CCCC.CCCC.Cc1ccccc1OCC1CO1.Cc1ccccc1OCC1CO1.Cc1ccccc1OCC1CO1. The van der Waals surface area contributed by atoms with Gasteiger partial charge < -0.3 is 28.4 Å². The molecule has 0 bridgehead atoms. The van der Waals surface area contributed by atoms with Crippen LogP contribution in [0.2, 0.25) is 0 Å². The van der Waals surface area contributed by atoms with Crippen LogP contribution >= 0.6 is 0 Å². The first kappa shape index (κ1) is 37.1. The molecule has 6 rings (SSSR count). The van der Waals surface area contributed by atoms with Gasteiger partial charge in [-0.05, 0) is 55.7 Å². The minimum Gasteiger partial charge on any atom is -0.491 e. The number of rotatable bonds is 11. The number of aryl methyl sites for hydroxylation is 3. The van der Waals surface area contributed by atoms with Crippen molar-refractivity contribution >= 4 is 0 Å². The maximum absolute atomic E-state index is 5.54. The Bertz CT molecular complexity index is 993. The highest BCUT2D eigenvalue weighted by atomic mass is 16.6. The van der Waals surface area contributed by atoms with E-state index in [1.807, 2.05) is 93.6 Å². The Morgan fingerprint density at radius 2 is 0.682 bits per heavy atom. The van der Waals surface area contributed by atoms with E-state index in [1.54, 1.807) is 0 Å². The smallest absolute Gasteiger partial charge is 0.122 e. The van der Waals surface area contributed by atoms with Crippen molar-refractivity contribution in [2.24, 2.45) is 0 Å². The molecule has 0 radical (unpaired) electrons. The van der Waals surface area contributed by atoms with Crippen LogP contribution in [0.5, 0.6) is 17.2 Å². The molecule has 3 atom stereocenters. The van der Waals surface area contributed by atoms with Gasteiger partial charge in [-0.25, -0.2) is 0 Å². The summed E-state index contributed by atoms with van der Waals surface area (Å²) in [6.07, 6.45) is 6.29. The number of epoxide rings is 3. The number of hydrogen-bond donors (Lipinski definition) is 0. The van der Waals surface area contributed by atoms with E-state index < -0.39 is 0 Å². The molecule has 0 aliphatic carbocycles. The highest BCUT2D eigenvalue weighted by Crippen LogP contribution is 2.20. The van der Waals surface area contributed by atoms with Gasteiger partial charge in [0.05, 0.1) is 19.8 Å². The van der Waals surface area contributed by atoms with Crippen molar-refractivity contribution in [1.29, 1.82) is 0 Å². The zero-order valence-corrected chi connectivity index (χ0v) is 28.2. The van der Waals surface area contributed by atoms with Crippen molar-refractivity contribution in [1.82, 2.24) is 0 Å². The highest BCUT2D eigenvalue weighted by Gasteiger charge is 2.24. The summed E-state index contributed by atoms with van der Waals surface area (Å²) in [4.78, 5) is 0. The molecule has 3 aromatic carbocycles. The molecule has 3 aliphatic heterocycles. The number of para-hydroxylation sites is 3. The second-order valence-electron chi connectivity index (χ2n) is 11.1. The Morgan fingerprint density at radius 1 is 0.455 bits per heavy atom. The van der Waals surface area contributed by atoms with E-state index in [1.165, 1.54) is 42.4 Å². The molecule has 3 unspecified atom stereocenters. The minimum atomic E-state index is 0.338. The number of benzene rings is 3. The summed E-state index contributed by atoms with van der Waals surface area (Å²) < 4.78 is 31.7. The van der Waals surface area contributed by atoms with Crippen LogP contribution in [0.1, 0.15) is 70.1 Å². The van der Waals surface area contributed by atoms with Crippen LogP contribution < -0.4 is 14.2 Å². The van der Waals surface area contributed by atoms with Gasteiger partial charge in [0.25, 0.3) is 0 Å². The van der Waals surface area contributed by atoms with Crippen LogP contribution in [0.25, 0.3) is 0 Å². The van der Waals surface area contributed by atoms with Crippen LogP contribution in [0.4, 0.5) is 0 Å². The lowest BCUT2D eigenvalue weighted by Crippen LogP contribution is -2.04. The second kappa shape index (κ2) is 22.4. The van der Waals surface area contributed by atoms with Gasteiger partial charge in [-0.3, -0.25) is 0 Å². The van der Waals surface area contributed by atoms with Crippen LogP contribution in [0, 0.1) is 20.8 Å². The molecule has 3 saturated heterocycles. The summed E-state index contributed by atoms with van der Waals surface area (Å²) in [6, 6.07) is 24.1. The molecular formula is C38H56O6. The average molecular weight is 609 g/mol. The van der Waals surface area contributed by atoms with Crippen molar-refractivity contribution in [3.63, 3.8) is 0 Å². The standard InChI is InChI=1S/3C10H12O2.2C4H10/c3*1-8-4-2-3-5-10(8)12-7-9-6-11-9;2*1-3-4-2/h3*2-5,9H,6-7H2,1H3;2*3-4H2,1-2H3. The van der Waals surface area contributed by atoms with Crippen molar-refractivity contribution in [2.75, 3.05) is 39.6 Å². The zero-order chi connectivity index (χ0) is 32.0. The number of unbranched alkanes of at least 4 members (excludes halogenated alkanes) is 2. The molecule has 244 valence electrons. The molecule has 3 heterocycles. The zero-order valence-electron chi connectivity index (χ0n) is 28.2. The summed E-state index contributed by atoms with van der Waals surface area (Å²) in [7, 11) is 0. The van der Waals surface area contributed by atoms with Gasteiger partial charge >= 0.3 is 0 Å². The third-order valence-electron chi connectivity index (χ3n) is 6.76. The van der Waals surface area contributed by atoms with Crippen molar-refractivity contribution in [3.8, 4) is 17.2 Å². The van der Waals surface area contributed by atoms with Gasteiger partial charge in [-0.1, -0.05) is 108 Å². The number of ether oxygens (including phenoxy) is 6. The van der Waals surface area contributed by atoms with E-state index in [0.29, 0.717) is 38.1 Å². The second-order valence-corrected chi connectivity index (χ2v) is 11.1. The molecule has 0 N–H and O–H groups in total. The third-order valence-corrected chi connectivity index (χ3v) is 6.76. The fourth-order valence-corrected chi connectivity index (χ4v) is 3.20. The first-order chi connectivity index (χ1) is 21.4. The summed E-state index contributed by atoms with van der Waals surface area (Å²) in [5.41, 5.74) is 3.54. The lowest BCUT2D eigenvalue weighted by molar-refractivity contribution is 0.262.